The minimum absolute atomic E-state index is 0.0149. The minimum atomic E-state index is -1.43. The van der Waals surface area contributed by atoms with Crippen LogP contribution in [0.1, 0.15) is 61.1 Å². The number of likely N-dealkylation sites (tertiary alicyclic amines) is 1. The van der Waals surface area contributed by atoms with Crippen LogP contribution >= 0.6 is 0 Å². The predicted molar refractivity (Wildman–Crippen MR) is 191 cm³/mol. The van der Waals surface area contributed by atoms with Gasteiger partial charge in [0.1, 0.15) is 12.4 Å². The van der Waals surface area contributed by atoms with Crippen LogP contribution in [0.15, 0.2) is 90.5 Å². The Bertz CT molecular complexity index is 1910. The normalized spacial score (nSPS) is 26.5. The van der Waals surface area contributed by atoms with Gasteiger partial charge in [-0.05, 0) is 62.3 Å². The van der Waals surface area contributed by atoms with Crippen molar-refractivity contribution in [3.8, 4) is 5.75 Å². The maximum atomic E-state index is 15.3. The van der Waals surface area contributed by atoms with E-state index in [4.69, 9.17) is 9.84 Å². The van der Waals surface area contributed by atoms with Crippen molar-refractivity contribution in [1.29, 1.82) is 0 Å². The van der Waals surface area contributed by atoms with Gasteiger partial charge in [0, 0.05) is 24.4 Å². The lowest BCUT2D eigenvalue weighted by Crippen LogP contribution is -2.53. The standard InChI is InChI=1S/C41H43N3O8/c1-25-15-17-27(18-16-25)42-44-38(49)32-24-31-28(19-20-30-35(31)39(50)43(37(30)48)21-9-3-6-14-34(46)47)36(29-12-7-8-13-33(29)52-23-22-45)41(32,40(44)51)26-10-4-2-5-11-26/h2,4-5,7-8,10-13,15-19,30-32,35-36,42,45H,3,6,9,14,20-24H2,1H3,(H,46,47). The first-order chi connectivity index (χ1) is 25.2. The molecule has 11 nitrogen and oxygen atoms in total. The van der Waals surface area contributed by atoms with Crippen LogP contribution in [0.4, 0.5) is 5.69 Å². The number of carboxylic acid groups (broad SMARTS) is 1. The van der Waals surface area contributed by atoms with Crippen LogP contribution in [-0.2, 0) is 29.4 Å². The largest absolute Gasteiger partial charge is 0.491 e. The van der Waals surface area contributed by atoms with E-state index in [0.717, 1.165) is 16.1 Å². The van der Waals surface area contributed by atoms with Crippen LogP contribution in [0, 0.1) is 30.6 Å². The van der Waals surface area contributed by atoms with E-state index < -0.39 is 52.8 Å². The van der Waals surface area contributed by atoms with E-state index in [1.807, 2.05) is 85.8 Å². The number of amides is 4. The Morgan fingerprint density at radius 1 is 0.885 bits per heavy atom. The van der Waals surface area contributed by atoms with Crippen molar-refractivity contribution in [1.82, 2.24) is 9.91 Å². The van der Waals surface area contributed by atoms with Crippen molar-refractivity contribution in [2.24, 2.45) is 23.7 Å². The molecule has 3 fully saturated rings. The molecule has 2 aliphatic carbocycles. The molecule has 2 aliphatic heterocycles. The van der Waals surface area contributed by atoms with Crippen molar-refractivity contribution in [2.75, 3.05) is 25.2 Å². The predicted octanol–water partition coefficient (Wildman–Crippen LogP) is 5.00. The summed E-state index contributed by atoms with van der Waals surface area (Å²) in [6, 6.07) is 24.1. The van der Waals surface area contributed by atoms with Crippen LogP contribution in [0.3, 0.4) is 0 Å². The molecule has 0 aromatic heterocycles. The number of aryl methyl sites for hydroxylation is 1. The zero-order valence-corrected chi connectivity index (χ0v) is 29.1. The van der Waals surface area contributed by atoms with E-state index in [9.17, 15) is 24.3 Å². The number of allylic oxidation sites excluding steroid dienone is 2. The average molecular weight is 706 g/mol. The number of carbonyl (C=O) groups is 5. The number of para-hydroxylation sites is 1. The molecule has 2 saturated heterocycles. The fourth-order valence-electron chi connectivity index (χ4n) is 9.11. The molecule has 3 aromatic carbocycles. The first kappa shape index (κ1) is 35.1. The molecule has 270 valence electrons. The molecule has 0 bridgehead atoms. The summed E-state index contributed by atoms with van der Waals surface area (Å²) in [5.41, 5.74) is 5.42. The number of unbranched alkanes of at least 4 members (excludes halogenated alkanes) is 2. The summed E-state index contributed by atoms with van der Waals surface area (Å²) in [5, 5.41) is 19.9. The van der Waals surface area contributed by atoms with Gasteiger partial charge >= 0.3 is 5.97 Å². The van der Waals surface area contributed by atoms with Crippen LogP contribution in [0.25, 0.3) is 0 Å². The summed E-state index contributed by atoms with van der Waals surface area (Å²) < 4.78 is 6.10. The average Bonchev–Trinajstić information content (AvgIpc) is 3.52. The number of carbonyl (C=O) groups excluding carboxylic acids is 4. The van der Waals surface area contributed by atoms with E-state index in [1.165, 1.54) is 4.90 Å². The highest BCUT2D eigenvalue weighted by atomic mass is 16.5. The number of ether oxygens (including phenoxy) is 1. The first-order valence-electron chi connectivity index (χ1n) is 18.0. The Kier molecular flexibility index (Phi) is 9.71. The topological polar surface area (TPSA) is 154 Å². The van der Waals surface area contributed by atoms with Gasteiger partial charge in [0.05, 0.1) is 35.5 Å². The molecule has 4 aliphatic rings. The summed E-state index contributed by atoms with van der Waals surface area (Å²) in [4.78, 5) is 70.6. The molecule has 0 radical (unpaired) electrons. The lowest BCUT2D eigenvalue weighted by molar-refractivity contribution is -0.141. The molecule has 6 atom stereocenters. The molecule has 3 aromatic rings. The lowest BCUT2D eigenvalue weighted by atomic mass is 9.49. The number of hydrogen-bond donors (Lipinski definition) is 3. The van der Waals surface area contributed by atoms with E-state index >= 15 is 4.79 Å². The van der Waals surface area contributed by atoms with E-state index in [1.54, 1.807) is 6.07 Å². The summed E-state index contributed by atoms with van der Waals surface area (Å²) in [6.45, 7) is 1.95. The Balaban J connectivity index is 1.35. The second-order valence-electron chi connectivity index (χ2n) is 14.2. The molecular weight excluding hydrogens is 662 g/mol. The number of rotatable bonds is 13. The molecule has 7 rings (SSSR count). The van der Waals surface area contributed by atoms with Gasteiger partial charge < -0.3 is 14.9 Å². The number of fused-ring (bicyclic) bond motifs is 4. The van der Waals surface area contributed by atoms with Crippen molar-refractivity contribution in [2.45, 2.75) is 56.8 Å². The van der Waals surface area contributed by atoms with Gasteiger partial charge in [-0.25, -0.2) is 0 Å². The fraction of sp³-hybridized carbons (Fsp3) is 0.390. The van der Waals surface area contributed by atoms with Crippen LogP contribution in [0.5, 0.6) is 5.75 Å². The number of hydrazine groups is 1. The molecular formula is C41H43N3O8. The van der Waals surface area contributed by atoms with Gasteiger partial charge in [0.15, 0.2) is 0 Å². The Hall–Kier alpha value is -5.29. The molecule has 6 unspecified atom stereocenters. The quantitative estimate of drug-likeness (QED) is 0.127. The molecule has 3 N–H and O–H groups in total. The summed E-state index contributed by atoms with van der Waals surface area (Å²) in [5.74, 6) is -5.26. The fourth-order valence-corrected chi connectivity index (χ4v) is 9.11. The van der Waals surface area contributed by atoms with Crippen molar-refractivity contribution < 1.29 is 38.9 Å². The molecule has 52 heavy (non-hydrogen) atoms. The second-order valence-corrected chi connectivity index (χ2v) is 14.2. The van der Waals surface area contributed by atoms with Crippen molar-refractivity contribution in [3.63, 3.8) is 0 Å². The summed E-state index contributed by atoms with van der Waals surface area (Å²) >= 11 is 0. The van der Waals surface area contributed by atoms with Crippen LogP contribution < -0.4 is 10.2 Å². The highest BCUT2D eigenvalue weighted by molar-refractivity contribution is 6.13. The van der Waals surface area contributed by atoms with Gasteiger partial charge in [-0.2, -0.15) is 5.01 Å². The van der Waals surface area contributed by atoms with Crippen LogP contribution in [0.2, 0.25) is 0 Å². The molecule has 11 heteroatoms. The Morgan fingerprint density at radius 2 is 1.62 bits per heavy atom. The van der Waals surface area contributed by atoms with Crippen molar-refractivity contribution >= 4 is 35.3 Å². The van der Waals surface area contributed by atoms with Crippen LogP contribution in [-0.4, -0.2) is 69.5 Å². The third-order valence-corrected chi connectivity index (χ3v) is 11.3. The third-order valence-electron chi connectivity index (χ3n) is 11.3. The minimum Gasteiger partial charge on any atom is -0.491 e. The van der Waals surface area contributed by atoms with Gasteiger partial charge in [-0.1, -0.05) is 84.3 Å². The van der Waals surface area contributed by atoms with Gasteiger partial charge in [-0.15, -0.1) is 0 Å². The van der Waals surface area contributed by atoms with Crippen molar-refractivity contribution in [3.05, 3.63) is 107 Å². The monoisotopic (exact) mass is 705 g/mol. The summed E-state index contributed by atoms with van der Waals surface area (Å²) in [7, 11) is 0. The number of benzene rings is 3. The molecule has 4 amide bonds. The number of imide groups is 2. The molecule has 0 spiro atoms. The number of aliphatic carboxylic acids is 1. The smallest absolute Gasteiger partial charge is 0.303 e. The zero-order chi connectivity index (χ0) is 36.6. The molecule has 1 saturated carbocycles. The number of aliphatic hydroxyl groups excluding tert-OH is 1. The Labute approximate surface area is 302 Å². The van der Waals surface area contributed by atoms with Gasteiger partial charge in [-0.3, -0.25) is 34.3 Å². The number of nitrogens with zero attached hydrogens (tertiary/aromatic N) is 2. The van der Waals surface area contributed by atoms with E-state index in [0.29, 0.717) is 48.2 Å². The zero-order valence-electron chi connectivity index (χ0n) is 29.1. The second kappa shape index (κ2) is 14.4. The number of nitrogens with one attached hydrogen (secondary N) is 1. The molecule has 2 heterocycles. The lowest BCUT2D eigenvalue weighted by Gasteiger charge is -2.50. The SMILES string of the molecule is Cc1ccc(NN2C(=O)C3CC4C(=CCC5C(=O)N(CCCCCC(=O)O)C(=O)C54)C(c4ccccc4OCCO)C3(c3ccccc3)C2=O)cc1. The van der Waals surface area contributed by atoms with Gasteiger partial charge in [0.25, 0.3) is 11.8 Å². The maximum Gasteiger partial charge on any atom is 0.303 e. The van der Waals surface area contributed by atoms with Gasteiger partial charge in [0.2, 0.25) is 11.8 Å². The summed E-state index contributed by atoms with van der Waals surface area (Å²) in [6.07, 6.45) is 4.05. The number of carboxylic acids is 1. The Morgan fingerprint density at radius 3 is 2.35 bits per heavy atom. The van der Waals surface area contributed by atoms with E-state index in [2.05, 4.69) is 5.43 Å². The highest BCUT2D eigenvalue weighted by Crippen LogP contribution is 2.64. The number of hydrogen-bond acceptors (Lipinski definition) is 8. The van der Waals surface area contributed by atoms with E-state index in [-0.39, 0.29) is 44.4 Å². The third kappa shape index (κ3) is 5.86. The number of aliphatic hydroxyl groups is 1. The number of anilines is 1. The maximum absolute atomic E-state index is 15.3. The highest BCUT2D eigenvalue weighted by Gasteiger charge is 2.70. The first-order valence-corrected chi connectivity index (χ1v) is 18.0.